The van der Waals surface area contributed by atoms with Gasteiger partial charge in [0, 0.05) is 10.0 Å². The van der Waals surface area contributed by atoms with E-state index in [4.69, 9.17) is 10.5 Å². The zero-order valence-electron chi connectivity index (χ0n) is 10.7. The number of phenolic OH excluding ortho intramolecular Hbond substituents is 1. The summed E-state index contributed by atoms with van der Waals surface area (Å²) in [5.41, 5.74) is 8.01. The molecule has 2 aromatic rings. The molecule has 1 aromatic heterocycles. The molecular formula is C11H10BrN5O4. The molecule has 110 valence electrons. The quantitative estimate of drug-likeness (QED) is 0.547. The van der Waals surface area contributed by atoms with E-state index in [1.165, 1.54) is 19.4 Å². The number of phenols is 1. The van der Waals surface area contributed by atoms with Crippen LogP contribution in [0.1, 0.15) is 16.1 Å². The Hall–Kier alpha value is -2.62. The summed E-state index contributed by atoms with van der Waals surface area (Å²) in [5.74, 6) is -0.537. The van der Waals surface area contributed by atoms with Crippen LogP contribution >= 0.6 is 15.9 Å². The molecule has 0 aliphatic rings. The van der Waals surface area contributed by atoms with Crippen molar-refractivity contribution in [3.05, 3.63) is 27.9 Å². The highest BCUT2D eigenvalue weighted by molar-refractivity contribution is 9.10. The lowest BCUT2D eigenvalue weighted by Gasteiger charge is -2.06. The van der Waals surface area contributed by atoms with Gasteiger partial charge in [0.15, 0.2) is 11.5 Å². The van der Waals surface area contributed by atoms with Crippen molar-refractivity contribution in [2.24, 2.45) is 5.10 Å². The first-order valence-electron chi connectivity index (χ1n) is 5.51. The number of rotatable bonds is 4. The third kappa shape index (κ3) is 3.28. The number of halogens is 1. The Morgan fingerprint density at radius 2 is 2.33 bits per heavy atom. The molecule has 0 saturated heterocycles. The largest absolute Gasteiger partial charge is 0.504 e. The number of nitrogens with one attached hydrogen (secondary N) is 1. The Labute approximate surface area is 126 Å². The van der Waals surface area contributed by atoms with Gasteiger partial charge in [-0.25, -0.2) is 10.1 Å². The van der Waals surface area contributed by atoms with Gasteiger partial charge in [0.2, 0.25) is 11.5 Å². The summed E-state index contributed by atoms with van der Waals surface area (Å²) in [6.07, 6.45) is 1.35. The zero-order valence-corrected chi connectivity index (χ0v) is 12.3. The van der Waals surface area contributed by atoms with Crippen LogP contribution in [-0.4, -0.2) is 34.7 Å². The summed E-state index contributed by atoms with van der Waals surface area (Å²) >= 11 is 3.25. The lowest BCUT2D eigenvalue weighted by Crippen LogP contribution is -2.19. The van der Waals surface area contributed by atoms with Crippen LogP contribution < -0.4 is 15.9 Å². The Balaban J connectivity index is 2.12. The van der Waals surface area contributed by atoms with Crippen molar-refractivity contribution in [1.29, 1.82) is 0 Å². The van der Waals surface area contributed by atoms with E-state index in [1.807, 2.05) is 0 Å². The minimum absolute atomic E-state index is 0.0213. The highest BCUT2D eigenvalue weighted by Gasteiger charge is 2.15. The van der Waals surface area contributed by atoms with Gasteiger partial charge in [-0.3, -0.25) is 4.79 Å². The number of benzene rings is 1. The summed E-state index contributed by atoms with van der Waals surface area (Å²) < 4.78 is 9.85. The smallest absolute Gasteiger partial charge is 0.297 e. The first-order chi connectivity index (χ1) is 10.0. The van der Waals surface area contributed by atoms with Gasteiger partial charge < -0.3 is 15.6 Å². The summed E-state index contributed by atoms with van der Waals surface area (Å²) in [4.78, 5) is 11.6. The van der Waals surface area contributed by atoms with E-state index in [-0.39, 0.29) is 23.0 Å². The van der Waals surface area contributed by atoms with Crippen LogP contribution in [-0.2, 0) is 0 Å². The first-order valence-corrected chi connectivity index (χ1v) is 6.30. The number of nitrogen functional groups attached to an aromatic ring is 1. The first kappa shape index (κ1) is 14.8. The number of hydrogen-bond acceptors (Lipinski definition) is 8. The van der Waals surface area contributed by atoms with Crippen LogP contribution in [0.3, 0.4) is 0 Å². The molecule has 2 rings (SSSR count). The number of nitrogens with zero attached hydrogens (tertiary/aromatic N) is 3. The van der Waals surface area contributed by atoms with Gasteiger partial charge in [-0.1, -0.05) is 0 Å². The number of amides is 1. The van der Waals surface area contributed by atoms with Gasteiger partial charge in [0.1, 0.15) is 0 Å². The van der Waals surface area contributed by atoms with Crippen LogP contribution in [0.2, 0.25) is 0 Å². The number of aromatic nitrogens is 2. The van der Waals surface area contributed by atoms with Crippen molar-refractivity contribution >= 4 is 33.9 Å². The van der Waals surface area contributed by atoms with Crippen LogP contribution in [0.5, 0.6) is 11.5 Å². The average molecular weight is 356 g/mol. The second-order valence-electron chi connectivity index (χ2n) is 3.74. The summed E-state index contributed by atoms with van der Waals surface area (Å²) in [6, 6.07) is 2.99. The van der Waals surface area contributed by atoms with E-state index >= 15 is 0 Å². The highest BCUT2D eigenvalue weighted by atomic mass is 79.9. The minimum atomic E-state index is -0.660. The topological polar surface area (TPSA) is 136 Å². The molecule has 1 amide bonds. The maximum atomic E-state index is 11.6. The fourth-order valence-corrected chi connectivity index (χ4v) is 1.82. The van der Waals surface area contributed by atoms with Crippen LogP contribution in [0.25, 0.3) is 0 Å². The molecule has 9 nitrogen and oxygen atoms in total. The van der Waals surface area contributed by atoms with E-state index in [0.29, 0.717) is 10.0 Å². The second-order valence-corrected chi connectivity index (χ2v) is 4.60. The number of nitrogens with two attached hydrogens (primary N) is 1. The molecule has 4 N–H and O–H groups in total. The third-order valence-corrected chi connectivity index (χ3v) is 3.08. The Bertz CT molecular complexity index is 700. The predicted octanol–water partition coefficient (Wildman–Crippen LogP) is 0.892. The van der Waals surface area contributed by atoms with Gasteiger partial charge in [-0.15, -0.1) is 0 Å². The molecule has 0 aliphatic heterocycles. The summed E-state index contributed by atoms with van der Waals surface area (Å²) in [7, 11) is 1.42. The number of ether oxygens (including phenoxy) is 1. The van der Waals surface area contributed by atoms with Gasteiger partial charge in [0.25, 0.3) is 5.91 Å². The maximum absolute atomic E-state index is 11.6. The molecule has 0 atom stereocenters. The lowest BCUT2D eigenvalue weighted by atomic mass is 10.2. The van der Waals surface area contributed by atoms with Crippen molar-refractivity contribution in [3.63, 3.8) is 0 Å². The standard InChI is InChI=1S/C11H10BrN5O4/c1-20-8-2-5(6(12)3-7(8)18)4-14-15-11(19)9-10(13)17-21-16-9/h2-4,18H,1H3,(H2,13,17)(H,15,19)/b14-4+. The molecule has 21 heavy (non-hydrogen) atoms. The van der Waals surface area contributed by atoms with E-state index < -0.39 is 5.91 Å². The fourth-order valence-electron chi connectivity index (χ4n) is 1.39. The third-order valence-electron chi connectivity index (χ3n) is 2.40. The molecule has 0 unspecified atom stereocenters. The maximum Gasteiger partial charge on any atom is 0.297 e. The number of methoxy groups -OCH3 is 1. The Morgan fingerprint density at radius 1 is 1.57 bits per heavy atom. The lowest BCUT2D eigenvalue weighted by molar-refractivity contribution is 0.0946. The van der Waals surface area contributed by atoms with Crippen molar-refractivity contribution in [1.82, 2.24) is 15.7 Å². The Morgan fingerprint density at radius 3 is 2.95 bits per heavy atom. The second kappa shape index (κ2) is 6.22. The molecule has 1 heterocycles. The molecule has 0 fully saturated rings. The van der Waals surface area contributed by atoms with Crippen LogP contribution in [0.15, 0.2) is 26.3 Å². The molecule has 0 bridgehead atoms. The molecule has 0 aliphatic carbocycles. The molecule has 0 spiro atoms. The fraction of sp³-hybridized carbons (Fsp3) is 0.0909. The highest BCUT2D eigenvalue weighted by Crippen LogP contribution is 2.31. The van der Waals surface area contributed by atoms with Crippen molar-refractivity contribution < 1.29 is 19.3 Å². The van der Waals surface area contributed by atoms with Crippen LogP contribution in [0.4, 0.5) is 5.82 Å². The Kier molecular flexibility index (Phi) is 4.38. The van der Waals surface area contributed by atoms with Crippen molar-refractivity contribution in [2.45, 2.75) is 0 Å². The van der Waals surface area contributed by atoms with E-state index in [0.717, 1.165) is 0 Å². The van der Waals surface area contributed by atoms with Crippen LogP contribution in [0, 0.1) is 0 Å². The predicted molar refractivity (Wildman–Crippen MR) is 76.1 cm³/mol. The van der Waals surface area contributed by atoms with Crippen molar-refractivity contribution in [2.75, 3.05) is 12.8 Å². The van der Waals surface area contributed by atoms with Gasteiger partial charge >= 0.3 is 0 Å². The SMILES string of the molecule is COc1cc(/C=N/NC(=O)c2nonc2N)c(Br)cc1O. The van der Waals surface area contributed by atoms with Gasteiger partial charge in [-0.05, 0) is 38.4 Å². The molecule has 0 saturated carbocycles. The molecule has 0 radical (unpaired) electrons. The minimum Gasteiger partial charge on any atom is -0.504 e. The normalized spacial score (nSPS) is 10.8. The number of anilines is 1. The average Bonchev–Trinajstić information content (AvgIpc) is 2.87. The molecule has 1 aromatic carbocycles. The summed E-state index contributed by atoms with van der Waals surface area (Å²) in [6.45, 7) is 0. The monoisotopic (exact) mass is 355 g/mol. The van der Waals surface area contributed by atoms with Crippen molar-refractivity contribution in [3.8, 4) is 11.5 Å². The number of hydrazone groups is 1. The summed E-state index contributed by atoms with van der Waals surface area (Å²) in [5, 5.41) is 19.9. The number of hydrogen-bond donors (Lipinski definition) is 3. The van der Waals surface area contributed by atoms with E-state index in [1.54, 1.807) is 6.07 Å². The molecule has 10 heteroatoms. The van der Waals surface area contributed by atoms with E-state index in [9.17, 15) is 9.90 Å². The number of carbonyl (C=O) groups is 1. The number of aromatic hydroxyl groups is 1. The number of carbonyl (C=O) groups excluding carboxylic acids is 1. The zero-order chi connectivity index (χ0) is 15.4. The van der Waals surface area contributed by atoms with Gasteiger partial charge in [-0.2, -0.15) is 5.10 Å². The van der Waals surface area contributed by atoms with Gasteiger partial charge in [0.05, 0.1) is 13.3 Å². The van der Waals surface area contributed by atoms with E-state index in [2.05, 4.69) is 41.4 Å². The molecular weight excluding hydrogens is 346 g/mol.